The Morgan fingerprint density at radius 1 is 1.10 bits per heavy atom. The quantitative estimate of drug-likeness (QED) is 0.763. The summed E-state index contributed by atoms with van der Waals surface area (Å²) in [5, 5.41) is 0. The number of nitrogens with zero attached hydrogens (tertiary/aromatic N) is 1. The predicted molar refractivity (Wildman–Crippen MR) is 84.5 cm³/mol. The van der Waals surface area contributed by atoms with E-state index in [-0.39, 0.29) is 5.91 Å². The lowest BCUT2D eigenvalue weighted by molar-refractivity contribution is 0.0988. The van der Waals surface area contributed by atoms with Gasteiger partial charge in [0.15, 0.2) is 0 Å². The Kier molecular flexibility index (Phi) is 4.80. The van der Waals surface area contributed by atoms with Gasteiger partial charge >= 0.3 is 0 Å². The monoisotopic (exact) mass is 287 g/mol. The van der Waals surface area contributed by atoms with Crippen molar-refractivity contribution in [2.75, 3.05) is 11.4 Å². The zero-order valence-corrected chi connectivity index (χ0v) is 12.5. The maximum absolute atomic E-state index is 12.6. The van der Waals surface area contributed by atoms with Crippen molar-refractivity contribution in [2.45, 2.75) is 19.7 Å². The zero-order valence-electron chi connectivity index (χ0n) is 11.8. The fraction of sp³-hybridized carbons (Fsp3) is 0.235. The van der Waals surface area contributed by atoms with Crippen LogP contribution in [0.2, 0.25) is 0 Å². The van der Waals surface area contributed by atoms with Gasteiger partial charge in [0.05, 0.1) is 0 Å². The van der Waals surface area contributed by atoms with Gasteiger partial charge in [-0.3, -0.25) is 4.79 Å². The molecule has 0 heterocycles. The number of para-hydroxylation sites is 1. The molecule has 0 spiro atoms. The van der Waals surface area contributed by atoms with Crippen molar-refractivity contribution in [3.05, 3.63) is 65.2 Å². The average molecular weight is 288 g/mol. The van der Waals surface area contributed by atoms with Crippen molar-refractivity contribution < 1.29 is 4.79 Å². The Labute approximate surface area is 125 Å². The van der Waals surface area contributed by atoms with Crippen molar-refractivity contribution in [2.24, 2.45) is 0 Å². The van der Waals surface area contributed by atoms with Gasteiger partial charge in [0.25, 0.3) is 5.91 Å². The number of hydrogen-bond acceptors (Lipinski definition) is 1. The first-order valence-electron chi connectivity index (χ1n) is 6.69. The third-order valence-corrected chi connectivity index (χ3v) is 3.63. The Bertz CT molecular complexity index is 592. The van der Waals surface area contributed by atoms with Gasteiger partial charge in [-0.1, -0.05) is 30.3 Å². The highest BCUT2D eigenvalue weighted by Crippen LogP contribution is 2.21. The van der Waals surface area contributed by atoms with Gasteiger partial charge in [-0.2, -0.15) is 0 Å². The van der Waals surface area contributed by atoms with Gasteiger partial charge in [0.1, 0.15) is 0 Å². The van der Waals surface area contributed by atoms with Crippen LogP contribution in [0, 0.1) is 6.92 Å². The highest BCUT2D eigenvalue weighted by atomic mass is 35.5. The maximum atomic E-state index is 12.6. The van der Waals surface area contributed by atoms with Gasteiger partial charge in [-0.15, -0.1) is 11.6 Å². The Morgan fingerprint density at radius 3 is 2.30 bits per heavy atom. The topological polar surface area (TPSA) is 20.3 Å². The van der Waals surface area contributed by atoms with Crippen molar-refractivity contribution in [3.8, 4) is 0 Å². The number of benzene rings is 2. The van der Waals surface area contributed by atoms with Gasteiger partial charge in [0, 0.05) is 23.7 Å². The summed E-state index contributed by atoms with van der Waals surface area (Å²) < 4.78 is 0. The van der Waals surface area contributed by atoms with Gasteiger partial charge < -0.3 is 4.90 Å². The van der Waals surface area contributed by atoms with Crippen LogP contribution < -0.4 is 4.90 Å². The van der Waals surface area contributed by atoms with Gasteiger partial charge in [0.2, 0.25) is 0 Å². The molecule has 1 amide bonds. The van der Waals surface area contributed by atoms with Crippen LogP contribution in [-0.4, -0.2) is 12.5 Å². The largest absolute Gasteiger partial charge is 0.308 e. The average Bonchev–Trinajstić information content (AvgIpc) is 2.50. The molecule has 0 radical (unpaired) electrons. The SMILES string of the molecule is CCN(C(=O)c1ccc(CCl)cc1)c1ccccc1C. The van der Waals surface area contributed by atoms with E-state index in [0.717, 1.165) is 16.8 Å². The molecule has 2 aromatic carbocycles. The van der Waals surface area contributed by atoms with E-state index in [1.165, 1.54) is 0 Å². The van der Waals surface area contributed by atoms with Crippen LogP contribution in [0.3, 0.4) is 0 Å². The molecule has 0 saturated heterocycles. The molecular formula is C17H18ClNO. The first kappa shape index (κ1) is 14.6. The molecule has 0 aliphatic carbocycles. The second-order valence-electron chi connectivity index (χ2n) is 4.67. The fourth-order valence-electron chi connectivity index (χ4n) is 2.18. The predicted octanol–water partition coefficient (Wildman–Crippen LogP) is 4.40. The molecule has 0 aliphatic rings. The number of carbonyl (C=O) groups is 1. The lowest BCUT2D eigenvalue weighted by Crippen LogP contribution is -2.31. The standard InChI is InChI=1S/C17H18ClNO/c1-3-19(16-7-5-4-6-13(16)2)17(20)15-10-8-14(12-18)9-11-15/h4-11H,3,12H2,1-2H3. The van der Waals surface area contributed by atoms with E-state index < -0.39 is 0 Å². The number of halogens is 1. The van der Waals surface area contributed by atoms with Gasteiger partial charge in [-0.25, -0.2) is 0 Å². The van der Waals surface area contributed by atoms with E-state index in [1.807, 2.05) is 62.4 Å². The summed E-state index contributed by atoms with van der Waals surface area (Å²) in [6.45, 7) is 4.64. The normalized spacial score (nSPS) is 10.3. The number of anilines is 1. The molecule has 2 rings (SSSR count). The molecule has 0 bridgehead atoms. The summed E-state index contributed by atoms with van der Waals surface area (Å²) in [6.07, 6.45) is 0. The van der Waals surface area contributed by atoms with Crippen LogP contribution in [0.15, 0.2) is 48.5 Å². The summed E-state index contributed by atoms with van der Waals surface area (Å²) in [5.41, 5.74) is 3.76. The van der Waals surface area contributed by atoms with E-state index in [4.69, 9.17) is 11.6 Å². The van der Waals surface area contributed by atoms with Crippen molar-refractivity contribution in [3.63, 3.8) is 0 Å². The number of aryl methyl sites for hydroxylation is 1. The Morgan fingerprint density at radius 2 is 1.75 bits per heavy atom. The van der Waals surface area contributed by atoms with E-state index >= 15 is 0 Å². The minimum atomic E-state index is 0.0166. The van der Waals surface area contributed by atoms with Crippen molar-refractivity contribution >= 4 is 23.2 Å². The lowest BCUT2D eigenvalue weighted by Gasteiger charge is -2.23. The molecule has 2 aromatic rings. The lowest BCUT2D eigenvalue weighted by atomic mass is 10.1. The van der Waals surface area contributed by atoms with E-state index in [0.29, 0.717) is 18.0 Å². The smallest absolute Gasteiger partial charge is 0.258 e. The van der Waals surface area contributed by atoms with E-state index in [9.17, 15) is 4.79 Å². The highest BCUT2D eigenvalue weighted by molar-refractivity contribution is 6.17. The second-order valence-corrected chi connectivity index (χ2v) is 4.93. The molecule has 20 heavy (non-hydrogen) atoms. The summed E-state index contributed by atoms with van der Waals surface area (Å²) >= 11 is 5.77. The third kappa shape index (κ3) is 3.02. The fourth-order valence-corrected chi connectivity index (χ4v) is 2.36. The van der Waals surface area contributed by atoms with E-state index in [1.54, 1.807) is 4.90 Å². The molecule has 0 aromatic heterocycles. The first-order valence-corrected chi connectivity index (χ1v) is 7.23. The second kappa shape index (κ2) is 6.58. The van der Waals surface area contributed by atoms with Crippen LogP contribution >= 0.6 is 11.6 Å². The van der Waals surface area contributed by atoms with Crippen molar-refractivity contribution in [1.29, 1.82) is 0 Å². The first-order chi connectivity index (χ1) is 9.67. The van der Waals surface area contributed by atoms with Crippen molar-refractivity contribution in [1.82, 2.24) is 0 Å². The van der Waals surface area contributed by atoms with Crippen LogP contribution in [0.4, 0.5) is 5.69 Å². The summed E-state index contributed by atoms with van der Waals surface area (Å²) in [6, 6.07) is 15.4. The molecule has 0 unspecified atom stereocenters. The molecule has 0 N–H and O–H groups in total. The summed E-state index contributed by atoms with van der Waals surface area (Å²) in [4.78, 5) is 14.4. The number of carbonyl (C=O) groups excluding carboxylic acids is 1. The number of hydrogen-bond donors (Lipinski definition) is 0. The molecule has 0 aliphatic heterocycles. The van der Waals surface area contributed by atoms with Gasteiger partial charge in [-0.05, 0) is 43.2 Å². The number of rotatable bonds is 4. The van der Waals surface area contributed by atoms with Crippen LogP contribution in [0.1, 0.15) is 28.4 Å². The molecular weight excluding hydrogens is 270 g/mol. The Hall–Kier alpha value is -1.80. The summed E-state index contributed by atoms with van der Waals surface area (Å²) in [5.74, 6) is 0.479. The van der Waals surface area contributed by atoms with Crippen LogP contribution in [-0.2, 0) is 5.88 Å². The molecule has 0 fully saturated rings. The van der Waals surface area contributed by atoms with E-state index in [2.05, 4.69) is 0 Å². The number of alkyl halides is 1. The Balaban J connectivity index is 2.31. The molecule has 0 atom stereocenters. The molecule has 0 saturated carbocycles. The summed E-state index contributed by atoms with van der Waals surface area (Å²) in [7, 11) is 0. The molecule has 104 valence electrons. The third-order valence-electron chi connectivity index (χ3n) is 3.32. The molecule has 3 heteroatoms. The van der Waals surface area contributed by atoms with Crippen LogP contribution in [0.25, 0.3) is 0 Å². The zero-order chi connectivity index (χ0) is 14.5. The molecule has 2 nitrogen and oxygen atoms in total. The maximum Gasteiger partial charge on any atom is 0.258 e. The van der Waals surface area contributed by atoms with Crippen LogP contribution in [0.5, 0.6) is 0 Å². The highest BCUT2D eigenvalue weighted by Gasteiger charge is 2.17. The minimum Gasteiger partial charge on any atom is -0.308 e. The minimum absolute atomic E-state index is 0.0166. The number of amides is 1.